The van der Waals surface area contributed by atoms with Crippen molar-refractivity contribution in [1.82, 2.24) is 0 Å². The van der Waals surface area contributed by atoms with E-state index in [4.69, 9.17) is 0 Å². The summed E-state index contributed by atoms with van der Waals surface area (Å²) < 4.78 is 0. The number of Topliss-reactive ketones (excluding diaryl/α,β-unsaturated/α-hetero) is 1. The highest BCUT2D eigenvalue weighted by atomic mass is 16.2. The molecule has 28 heavy (non-hydrogen) atoms. The molecule has 4 rings (SSSR count). The van der Waals surface area contributed by atoms with Crippen LogP contribution in [0.3, 0.4) is 0 Å². The highest BCUT2D eigenvalue weighted by Crippen LogP contribution is 2.50. The number of amides is 1. The Bertz CT molecular complexity index is 1090. The molecule has 3 aromatic rings. The van der Waals surface area contributed by atoms with Crippen LogP contribution in [0.25, 0.3) is 0 Å². The van der Waals surface area contributed by atoms with E-state index in [1.165, 1.54) is 4.90 Å². The van der Waals surface area contributed by atoms with E-state index < -0.39 is 11.3 Å². The molecule has 1 aliphatic heterocycles. The number of rotatable bonds is 4. The number of hydrogen-bond acceptors (Lipinski definition) is 3. The topological polar surface area (TPSA) is 61.2 Å². The molecule has 0 radical (unpaired) electrons. The number of likely N-dealkylation sites (N-methyl/N-ethyl adjacent to an activating group) is 1. The minimum absolute atomic E-state index is 0.244. The molecule has 1 unspecified atom stereocenters. The molecule has 3 aromatic carbocycles. The number of nitriles is 1. The van der Waals surface area contributed by atoms with Gasteiger partial charge in [0.25, 0.3) is 5.91 Å². The molecule has 0 aliphatic carbocycles. The zero-order chi connectivity index (χ0) is 19.7. The van der Waals surface area contributed by atoms with Gasteiger partial charge >= 0.3 is 0 Å². The molecule has 4 heteroatoms. The van der Waals surface area contributed by atoms with Crippen molar-refractivity contribution in [3.63, 3.8) is 0 Å². The average molecular weight is 366 g/mol. The van der Waals surface area contributed by atoms with E-state index in [0.717, 1.165) is 0 Å². The number of ketones is 1. The number of benzene rings is 3. The molecule has 2 atom stereocenters. The smallest absolute Gasteiger partial charge is 0.252 e. The third kappa shape index (κ3) is 2.44. The van der Waals surface area contributed by atoms with Gasteiger partial charge < -0.3 is 4.90 Å². The summed E-state index contributed by atoms with van der Waals surface area (Å²) in [6.07, 6.45) is 0. The lowest BCUT2D eigenvalue weighted by Gasteiger charge is -2.30. The molecule has 136 valence electrons. The molecule has 1 amide bonds. The summed E-state index contributed by atoms with van der Waals surface area (Å²) >= 11 is 0. The maximum Gasteiger partial charge on any atom is 0.252 e. The van der Waals surface area contributed by atoms with Crippen LogP contribution in [0.5, 0.6) is 0 Å². The van der Waals surface area contributed by atoms with Crippen molar-refractivity contribution < 1.29 is 9.59 Å². The molecule has 0 saturated carbocycles. The standard InChI is InChI=1S/C24H18N2O2/c1-26-20-15-9-8-14-19(20)24(16-25,23(26)28)21(17-10-4-2-5-11-17)22(27)18-12-6-3-7-13-18/h2-15,21H,1H3/t21?,24-/m0/s1. The van der Waals surface area contributed by atoms with E-state index in [9.17, 15) is 14.9 Å². The molecule has 1 heterocycles. The SMILES string of the molecule is CN1C(=O)[C@](C#N)(C(C(=O)c2ccccc2)c2ccccc2)c2ccccc21. The third-order valence-corrected chi connectivity index (χ3v) is 5.39. The molecule has 0 aromatic heterocycles. The highest BCUT2D eigenvalue weighted by molar-refractivity contribution is 6.16. The largest absolute Gasteiger partial charge is 0.313 e. The van der Waals surface area contributed by atoms with Gasteiger partial charge in [-0.05, 0) is 11.6 Å². The van der Waals surface area contributed by atoms with Gasteiger partial charge in [0, 0.05) is 23.9 Å². The van der Waals surface area contributed by atoms with Gasteiger partial charge in [0.2, 0.25) is 0 Å². The first-order chi connectivity index (χ1) is 13.6. The van der Waals surface area contributed by atoms with Crippen molar-refractivity contribution in [3.05, 3.63) is 102 Å². The quantitative estimate of drug-likeness (QED) is 0.654. The van der Waals surface area contributed by atoms with Gasteiger partial charge in [0.1, 0.15) is 0 Å². The van der Waals surface area contributed by atoms with Crippen LogP contribution in [-0.2, 0) is 10.2 Å². The Labute approximate surface area is 163 Å². The van der Waals surface area contributed by atoms with Crippen LogP contribution in [0.4, 0.5) is 5.69 Å². The fourth-order valence-electron chi connectivity index (χ4n) is 4.05. The number of carbonyl (C=O) groups excluding carboxylic acids is 2. The van der Waals surface area contributed by atoms with Crippen molar-refractivity contribution in [2.24, 2.45) is 0 Å². The summed E-state index contributed by atoms with van der Waals surface area (Å²) in [6.45, 7) is 0. The number of carbonyl (C=O) groups is 2. The molecule has 0 fully saturated rings. The monoisotopic (exact) mass is 366 g/mol. The number of para-hydroxylation sites is 1. The lowest BCUT2D eigenvalue weighted by molar-refractivity contribution is -0.121. The van der Waals surface area contributed by atoms with Gasteiger partial charge in [-0.25, -0.2) is 0 Å². The maximum absolute atomic E-state index is 13.6. The van der Waals surface area contributed by atoms with Crippen LogP contribution in [0.15, 0.2) is 84.9 Å². The summed E-state index contributed by atoms with van der Waals surface area (Å²) in [7, 11) is 1.65. The van der Waals surface area contributed by atoms with Crippen LogP contribution in [0, 0.1) is 11.3 Å². The lowest BCUT2D eigenvalue weighted by Crippen LogP contribution is -2.45. The normalized spacial score (nSPS) is 19.0. The number of anilines is 1. The summed E-state index contributed by atoms with van der Waals surface area (Å²) in [5, 5.41) is 10.3. The maximum atomic E-state index is 13.6. The van der Waals surface area contributed by atoms with Crippen molar-refractivity contribution in [2.75, 3.05) is 11.9 Å². The van der Waals surface area contributed by atoms with E-state index in [1.54, 1.807) is 61.6 Å². The second kappa shape index (κ2) is 6.79. The summed E-state index contributed by atoms with van der Waals surface area (Å²) in [4.78, 5) is 28.5. The van der Waals surface area contributed by atoms with Gasteiger partial charge in [-0.1, -0.05) is 78.9 Å². The Kier molecular flexibility index (Phi) is 4.29. The Morgan fingerprint density at radius 3 is 2.14 bits per heavy atom. The molecular weight excluding hydrogens is 348 g/mol. The second-order valence-electron chi connectivity index (χ2n) is 6.88. The first-order valence-corrected chi connectivity index (χ1v) is 9.04. The van der Waals surface area contributed by atoms with E-state index in [1.807, 2.05) is 30.3 Å². The summed E-state index contributed by atoms with van der Waals surface area (Å²) in [6, 6.07) is 27.4. The third-order valence-electron chi connectivity index (χ3n) is 5.39. The van der Waals surface area contributed by atoms with E-state index in [-0.39, 0.29) is 11.7 Å². The van der Waals surface area contributed by atoms with Crippen LogP contribution in [0.1, 0.15) is 27.4 Å². The van der Waals surface area contributed by atoms with Crippen LogP contribution < -0.4 is 4.90 Å². The molecule has 1 aliphatic rings. The van der Waals surface area contributed by atoms with E-state index >= 15 is 0 Å². The van der Waals surface area contributed by atoms with Crippen LogP contribution >= 0.6 is 0 Å². The van der Waals surface area contributed by atoms with Gasteiger partial charge in [-0.3, -0.25) is 9.59 Å². The number of hydrogen-bond donors (Lipinski definition) is 0. The molecule has 0 spiro atoms. The zero-order valence-corrected chi connectivity index (χ0v) is 15.4. The van der Waals surface area contributed by atoms with E-state index in [0.29, 0.717) is 22.4 Å². The predicted octanol–water partition coefficient (Wildman–Crippen LogP) is 4.09. The fourth-order valence-corrected chi connectivity index (χ4v) is 4.05. The van der Waals surface area contributed by atoms with Crippen molar-refractivity contribution >= 4 is 17.4 Å². The van der Waals surface area contributed by atoms with Crippen LogP contribution in [0.2, 0.25) is 0 Å². The Morgan fingerprint density at radius 1 is 0.929 bits per heavy atom. The van der Waals surface area contributed by atoms with Gasteiger partial charge in [-0.15, -0.1) is 0 Å². The summed E-state index contributed by atoms with van der Waals surface area (Å²) in [5.41, 5.74) is 0.751. The van der Waals surface area contributed by atoms with Crippen molar-refractivity contribution in [3.8, 4) is 6.07 Å². The minimum Gasteiger partial charge on any atom is -0.313 e. The Morgan fingerprint density at radius 2 is 1.50 bits per heavy atom. The molecule has 0 saturated heterocycles. The molecular formula is C24H18N2O2. The fraction of sp³-hybridized carbons (Fsp3) is 0.125. The molecule has 4 nitrogen and oxygen atoms in total. The van der Waals surface area contributed by atoms with Gasteiger partial charge in [0.05, 0.1) is 12.0 Å². The van der Waals surface area contributed by atoms with E-state index in [2.05, 4.69) is 6.07 Å². The van der Waals surface area contributed by atoms with Crippen molar-refractivity contribution in [1.29, 1.82) is 5.26 Å². The number of fused-ring (bicyclic) bond motifs is 1. The van der Waals surface area contributed by atoms with Crippen LogP contribution in [-0.4, -0.2) is 18.7 Å². The lowest BCUT2D eigenvalue weighted by atomic mass is 9.66. The second-order valence-corrected chi connectivity index (χ2v) is 6.88. The first-order valence-electron chi connectivity index (χ1n) is 9.04. The average Bonchev–Trinajstić information content (AvgIpc) is 2.98. The predicted molar refractivity (Wildman–Crippen MR) is 107 cm³/mol. The number of nitrogens with zero attached hydrogens (tertiary/aromatic N) is 2. The molecule has 0 N–H and O–H groups in total. The van der Waals surface area contributed by atoms with Crippen molar-refractivity contribution in [2.45, 2.75) is 11.3 Å². The zero-order valence-electron chi connectivity index (χ0n) is 15.4. The Balaban J connectivity index is 2.00. The molecule has 0 bridgehead atoms. The summed E-state index contributed by atoms with van der Waals surface area (Å²) in [5.74, 6) is -1.57. The Hall–Kier alpha value is -3.71. The first kappa shape index (κ1) is 17.7. The minimum atomic E-state index is -1.61. The van der Waals surface area contributed by atoms with Gasteiger partial charge in [-0.2, -0.15) is 5.26 Å². The van der Waals surface area contributed by atoms with Gasteiger partial charge in [0.15, 0.2) is 11.2 Å². The highest BCUT2D eigenvalue weighted by Gasteiger charge is 2.58.